The first-order chi connectivity index (χ1) is 26.2. The molecule has 54 heavy (non-hydrogen) atoms. The summed E-state index contributed by atoms with van der Waals surface area (Å²) >= 11 is 0. The third kappa shape index (κ3) is 4.61. The van der Waals surface area contributed by atoms with Crippen LogP contribution in [0.5, 0.6) is 0 Å². The molecular formula is C48H31N5Pt. The number of fused-ring (bicyclic) bond motifs is 9. The van der Waals surface area contributed by atoms with E-state index in [1.807, 2.05) is 24.3 Å². The van der Waals surface area contributed by atoms with E-state index in [0.717, 1.165) is 72.8 Å². The van der Waals surface area contributed by atoms with Crippen molar-refractivity contribution in [2.75, 3.05) is 4.90 Å². The van der Waals surface area contributed by atoms with Gasteiger partial charge in [-0.05, 0) is 71.9 Å². The van der Waals surface area contributed by atoms with Gasteiger partial charge in [-0.3, -0.25) is 9.88 Å². The molecule has 5 heterocycles. The van der Waals surface area contributed by atoms with E-state index in [1.54, 1.807) is 0 Å². The van der Waals surface area contributed by atoms with Crippen molar-refractivity contribution in [3.8, 4) is 16.9 Å². The van der Waals surface area contributed by atoms with Crippen molar-refractivity contribution in [1.82, 2.24) is 18.9 Å². The molecule has 0 radical (unpaired) electrons. The van der Waals surface area contributed by atoms with Crippen LogP contribution in [0.3, 0.4) is 0 Å². The van der Waals surface area contributed by atoms with Gasteiger partial charge in [-0.1, -0.05) is 96.0 Å². The number of aromatic nitrogens is 4. The summed E-state index contributed by atoms with van der Waals surface area (Å²) in [5.41, 5.74) is 11.6. The van der Waals surface area contributed by atoms with Gasteiger partial charge in [-0.15, -0.1) is 29.8 Å². The average Bonchev–Trinajstić information content (AvgIpc) is 3.85. The molecule has 11 aromatic rings. The Hall–Kier alpha value is -6.29. The van der Waals surface area contributed by atoms with E-state index in [0.29, 0.717) is 0 Å². The van der Waals surface area contributed by atoms with Crippen LogP contribution in [0.15, 0.2) is 152 Å². The Morgan fingerprint density at radius 1 is 0.500 bits per heavy atom. The molecule has 0 aliphatic rings. The number of pyridine rings is 2. The first-order valence-corrected chi connectivity index (χ1v) is 17.9. The summed E-state index contributed by atoms with van der Waals surface area (Å²) in [5.74, 6) is 1.57. The minimum atomic E-state index is 0. The van der Waals surface area contributed by atoms with Crippen LogP contribution < -0.4 is 4.90 Å². The Morgan fingerprint density at radius 3 is 1.94 bits per heavy atom. The molecule has 5 aromatic heterocycles. The minimum absolute atomic E-state index is 0. The number of aryl methyl sites for hydroxylation is 2. The first-order valence-electron chi connectivity index (χ1n) is 17.9. The molecule has 0 amide bonds. The summed E-state index contributed by atoms with van der Waals surface area (Å²) in [6.45, 7) is 4.32. The van der Waals surface area contributed by atoms with Crippen LogP contribution in [0.25, 0.3) is 77.0 Å². The van der Waals surface area contributed by atoms with Crippen molar-refractivity contribution in [1.29, 1.82) is 0 Å². The van der Waals surface area contributed by atoms with Crippen molar-refractivity contribution in [2.24, 2.45) is 0 Å². The van der Waals surface area contributed by atoms with Crippen LogP contribution in [0.4, 0.5) is 17.3 Å². The van der Waals surface area contributed by atoms with Gasteiger partial charge in [0.05, 0.1) is 16.7 Å². The summed E-state index contributed by atoms with van der Waals surface area (Å²) in [5, 5.41) is 7.18. The Balaban J connectivity index is 0.00000361. The second-order valence-electron chi connectivity index (χ2n) is 13.8. The van der Waals surface area contributed by atoms with Crippen molar-refractivity contribution < 1.29 is 21.1 Å². The first kappa shape index (κ1) is 32.4. The molecule has 0 N–H and O–H groups in total. The summed E-state index contributed by atoms with van der Waals surface area (Å²) in [6, 6.07) is 60.2. The molecule has 0 unspecified atom stereocenters. The molecule has 11 rings (SSSR count). The van der Waals surface area contributed by atoms with E-state index < -0.39 is 0 Å². The van der Waals surface area contributed by atoms with Gasteiger partial charge in [0, 0.05) is 27.1 Å². The van der Waals surface area contributed by atoms with E-state index >= 15 is 0 Å². The number of para-hydroxylation sites is 5. The quantitative estimate of drug-likeness (QED) is 0.162. The van der Waals surface area contributed by atoms with E-state index in [4.69, 9.17) is 9.97 Å². The summed E-state index contributed by atoms with van der Waals surface area (Å²) in [4.78, 5) is 13.2. The molecule has 0 atom stereocenters. The Morgan fingerprint density at radius 2 is 1.15 bits per heavy atom. The van der Waals surface area contributed by atoms with Crippen LogP contribution in [0, 0.1) is 26.0 Å². The molecule has 0 spiro atoms. The van der Waals surface area contributed by atoms with Gasteiger partial charge in [0.25, 0.3) is 0 Å². The molecule has 0 aliphatic heterocycles. The van der Waals surface area contributed by atoms with Gasteiger partial charge >= 0.3 is 21.1 Å². The summed E-state index contributed by atoms with van der Waals surface area (Å²) < 4.78 is 4.62. The molecule has 0 aliphatic carbocycles. The Kier molecular flexibility index (Phi) is 7.43. The number of nitrogens with zero attached hydrogens (tertiary/aromatic N) is 5. The van der Waals surface area contributed by atoms with Gasteiger partial charge in [0.2, 0.25) is 0 Å². The van der Waals surface area contributed by atoms with Crippen LogP contribution in [-0.4, -0.2) is 18.9 Å². The van der Waals surface area contributed by atoms with Gasteiger partial charge in [-0.25, -0.2) is 4.98 Å². The molecule has 6 aromatic carbocycles. The van der Waals surface area contributed by atoms with E-state index in [1.165, 1.54) is 32.6 Å². The maximum Gasteiger partial charge on any atom is 2.00 e. The fraction of sp³-hybridized carbons (Fsp3) is 0.0417. The van der Waals surface area contributed by atoms with Gasteiger partial charge < -0.3 is 8.97 Å². The maximum atomic E-state index is 5.48. The predicted octanol–water partition coefficient (Wildman–Crippen LogP) is 12.1. The van der Waals surface area contributed by atoms with Crippen molar-refractivity contribution in [2.45, 2.75) is 13.8 Å². The number of anilines is 3. The largest absolute Gasteiger partial charge is 2.00 e. The van der Waals surface area contributed by atoms with E-state index in [-0.39, 0.29) is 21.1 Å². The molecular weight excluding hydrogens is 842 g/mol. The van der Waals surface area contributed by atoms with Crippen LogP contribution >= 0.6 is 0 Å². The smallest absolute Gasteiger partial charge is 0.350 e. The zero-order valence-electron chi connectivity index (χ0n) is 29.5. The standard InChI is InChI=1S/C48H31N5.Pt/c1-30-14-10-15-31(2)45(30)53(44-29-28-38-34-19-7-8-25-41(34)51(48(38)50-44)32-16-4-3-5-17-32)43-27-13-24-40(49-43)39-23-12-22-37-36-21-11-20-35-33-18-6-9-26-42(33)52(46(35)36)47(37)39;/h3-16,18-22,24-29H,1-2H3;/q-2;+2. The molecule has 258 valence electrons. The van der Waals surface area contributed by atoms with Crippen LogP contribution in [0.1, 0.15) is 11.1 Å². The topological polar surface area (TPSA) is 38.4 Å². The molecule has 6 heteroatoms. The van der Waals surface area contributed by atoms with E-state index in [9.17, 15) is 0 Å². The van der Waals surface area contributed by atoms with E-state index in [2.05, 4.69) is 167 Å². The molecule has 0 fully saturated rings. The van der Waals surface area contributed by atoms with Gasteiger partial charge in [-0.2, -0.15) is 24.3 Å². The Labute approximate surface area is 326 Å². The van der Waals surface area contributed by atoms with Crippen molar-refractivity contribution in [3.05, 3.63) is 175 Å². The Bertz CT molecular complexity index is 3190. The molecule has 5 nitrogen and oxygen atoms in total. The molecule has 0 saturated heterocycles. The zero-order chi connectivity index (χ0) is 35.2. The second kappa shape index (κ2) is 12.4. The third-order valence-corrected chi connectivity index (χ3v) is 10.7. The summed E-state index contributed by atoms with van der Waals surface area (Å²) in [6.07, 6.45) is 0. The summed E-state index contributed by atoms with van der Waals surface area (Å²) in [7, 11) is 0. The van der Waals surface area contributed by atoms with Crippen molar-refractivity contribution in [3.63, 3.8) is 0 Å². The van der Waals surface area contributed by atoms with Crippen molar-refractivity contribution >= 4 is 77.4 Å². The zero-order valence-corrected chi connectivity index (χ0v) is 31.8. The van der Waals surface area contributed by atoms with Crippen LogP contribution in [0.2, 0.25) is 0 Å². The second-order valence-corrected chi connectivity index (χ2v) is 13.8. The maximum absolute atomic E-state index is 5.48. The predicted molar refractivity (Wildman–Crippen MR) is 218 cm³/mol. The third-order valence-electron chi connectivity index (χ3n) is 10.7. The monoisotopic (exact) mass is 872 g/mol. The number of hydrogen-bond donors (Lipinski definition) is 0. The van der Waals surface area contributed by atoms with Gasteiger partial charge in [0.1, 0.15) is 17.3 Å². The SMILES string of the molecule is Cc1cccc(C)c1N(c1cccc(-c2[c-]ccc3c4cccc5c6ccccc6n(c23)c54)n1)c1ccc2c3ccccc3n(-c3[c-]cccc3)c2n1.[Pt+2]. The van der Waals surface area contributed by atoms with Gasteiger partial charge in [0.15, 0.2) is 0 Å². The fourth-order valence-corrected chi connectivity index (χ4v) is 8.52. The number of benzene rings is 6. The average molecular weight is 873 g/mol. The number of hydrogen-bond acceptors (Lipinski definition) is 3. The normalized spacial score (nSPS) is 11.7. The minimum Gasteiger partial charge on any atom is -0.350 e. The molecule has 0 bridgehead atoms. The fourth-order valence-electron chi connectivity index (χ4n) is 8.52. The molecule has 0 saturated carbocycles. The number of rotatable bonds is 5. The van der Waals surface area contributed by atoms with Crippen LogP contribution in [-0.2, 0) is 21.1 Å².